The lowest BCUT2D eigenvalue weighted by molar-refractivity contribution is -0.870. The summed E-state index contributed by atoms with van der Waals surface area (Å²) in [5.74, 6) is -2.04. The van der Waals surface area contributed by atoms with Gasteiger partial charge in [0.25, 0.3) is 6.29 Å². The summed E-state index contributed by atoms with van der Waals surface area (Å²) in [5, 5.41) is 9.67. The van der Waals surface area contributed by atoms with Crippen molar-refractivity contribution in [2.45, 2.75) is 212 Å². The molecule has 9 nitrogen and oxygen atoms in total. The molecule has 0 saturated heterocycles. The summed E-state index contributed by atoms with van der Waals surface area (Å²) in [6.07, 6.45) is 67.4. The molecule has 0 aliphatic rings. The summed E-state index contributed by atoms with van der Waals surface area (Å²) in [6, 6.07) is 0. The maximum Gasteiger partial charge on any atom is 0.361 e. The summed E-state index contributed by atoms with van der Waals surface area (Å²) in [5.41, 5.74) is 0. The Kier molecular flexibility index (Phi) is 48.3. The molecule has 9 heteroatoms. The summed E-state index contributed by atoms with van der Waals surface area (Å²) in [6.45, 7) is 4.69. The first-order valence-corrected chi connectivity index (χ1v) is 27.6. The van der Waals surface area contributed by atoms with Gasteiger partial charge >= 0.3 is 17.9 Å². The van der Waals surface area contributed by atoms with Gasteiger partial charge in [-0.05, 0) is 103 Å². The van der Waals surface area contributed by atoms with Gasteiger partial charge in [-0.3, -0.25) is 9.59 Å². The molecular weight excluding hydrogens is 875 g/mol. The number of carbonyl (C=O) groups excluding carboxylic acids is 2. The maximum atomic E-state index is 12.8. The van der Waals surface area contributed by atoms with Crippen molar-refractivity contribution in [1.29, 1.82) is 0 Å². The summed E-state index contributed by atoms with van der Waals surface area (Å²) in [4.78, 5) is 37.3. The number of quaternary nitrogens is 1. The van der Waals surface area contributed by atoms with E-state index in [1.165, 1.54) is 51.4 Å². The standard InChI is InChI=1S/C61H101NO8/c1-6-8-10-12-14-16-18-20-21-22-23-24-25-26-27-28-29-30-31-32-33-34-35-36-37-38-39-40-42-44-46-48-50-52-59(64)70-57(56-69-61(60(65)66)67-54-53-62(3,4)5)55-68-58(63)51-49-47-45-43-41-19-17-15-13-11-9-7-2/h8,10,14-17,20-21,23-24,26-27,29-30,32-33,35-36,57,61H,6-7,9,11-13,18-19,22,25,28,31,34,37-56H2,1-5H3/p+1/b10-8-,16-14-,17-15-,21-20-,24-23-,27-26-,30-29-,33-32-,36-35-. The minimum Gasteiger partial charge on any atom is -0.477 e. The largest absolute Gasteiger partial charge is 0.477 e. The number of hydrogen-bond donors (Lipinski definition) is 1. The van der Waals surface area contributed by atoms with Crippen LogP contribution in [-0.4, -0.2) is 87.4 Å². The van der Waals surface area contributed by atoms with Crippen molar-refractivity contribution in [3.63, 3.8) is 0 Å². The fourth-order valence-electron chi connectivity index (χ4n) is 7.02. The third-order valence-electron chi connectivity index (χ3n) is 11.3. The van der Waals surface area contributed by atoms with E-state index in [1.54, 1.807) is 0 Å². The Balaban J connectivity index is 4.24. The van der Waals surface area contributed by atoms with Crippen LogP contribution in [0.5, 0.6) is 0 Å². The number of ether oxygens (including phenoxy) is 4. The van der Waals surface area contributed by atoms with Gasteiger partial charge in [-0.1, -0.05) is 194 Å². The fourth-order valence-corrected chi connectivity index (χ4v) is 7.02. The van der Waals surface area contributed by atoms with E-state index in [0.29, 0.717) is 17.4 Å². The number of unbranched alkanes of at least 4 members (excludes halogenated alkanes) is 16. The molecule has 0 spiro atoms. The molecule has 0 aromatic carbocycles. The third-order valence-corrected chi connectivity index (χ3v) is 11.3. The predicted octanol–water partition coefficient (Wildman–Crippen LogP) is 15.9. The number of rotatable bonds is 49. The lowest BCUT2D eigenvalue weighted by Crippen LogP contribution is -2.40. The first-order valence-electron chi connectivity index (χ1n) is 27.6. The van der Waals surface area contributed by atoms with E-state index < -0.39 is 24.3 Å². The summed E-state index contributed by atoms with van der Waals surface area (Å²) >= 11 is 0. The molecule has 2 unspecified atom stereocenters. The van der Waals surface area contributed by atoms with Crippen molar-refractivity contribution in [1.82, 2.24) is 0 Å². The molecule has 0 bridgehead atoms. The second kappa shape index (κ2) is 51.3. The van der Waals surface area contributed by atoms with Gasteiger partial charge in [0.15, 0.2) is 6.10 Å². The average molecular weight is 977 g/mol. The SMILES string of the molecule is CC/C=C\C/C=C\C/C=C\C/C=C\C/C=C\C/C=C\C/C=C\C/C=C\CCCCCCCCCCC(=O)OC(COC(=O)CCCCCCC/C=C\CCCCC)COC(OCC[N+](C)(C)C)C(=O)O. The zero-order chi connectivity index (χ0) is 51.3. The van der Waals surface area contributed by atoms with E-state index in [9.17, 15) is 19.5 Å². The van der Waals surface area contributed by atoms with E-state index in [4.69, 9.17) is 18.9 Å². The molecule has 70 heavy (non-hydrogen) atoms. The fraction of sp³-hybridized carbons (Fsp3) is 0.656. The van der Waals surface area contributed by atoms with Crippen molar-refractivity contribution < 1.29 is 42.9 Å². The highest BCUT2D eigenvalue weighted by atomic mass is 16.7. The second-order valence-corrected chi connectivity index (χ2v) is 19.2. The Morgan fingerprint density at radius 2 is 0.814 bits per heavy atom. The van der Waals surface area contributed by atoms with E-state index in [2.05, 4.69) is 123 Å². The normalized spacial score (nSPS) is 13.7. The van der Waals surface area contributed by atoms with Crippen LogP contribution in [0.15, 0.2) is 109 Å². The van der Waals surface area contributed by atoms with Crippen LogP contribution in [0.4, 0.5) is 0 Å². The van der Waals surface area contributed by atoms with Gasteiger partial charge in [0.05, 0.1) is 34.4 Å². The zero-order valence-electron chi connectivity index (χ0n) is 45.1. The molecule has 0 aliphatic carbocycles. The predicted molar refractivity (Wildman–Crippen MR) is 295 cm³/mol. The lowest BCUT2D eigenvalue weighted by atomic mass is 10.1. The number of esters is 2. The van der Waals surface area contributed by atoms with Gasteiger partial charge in [-0.15, -0.1) is 0 Å². The summed E-state index contributed by atoms with van der Waals surface area (Å²) in [7, 11) is 5.95. The van der Waals surface area contributed by atoms with E-state index in [0.717, 1.165) is 116 Å². The molecule has 1 N–H and O–H groups in total. The van der Waals surface area contributed by atoms with Crippen molar-refractivity contribution in [3.8, 4) is 0 Å². The Morgan fingerprint density at radius 1 is 0.443 bits per heavy atom. The number of allylic oxidation sites excluding steroid dienone is 18. The first-order chi connectivity index (χ1) is 34.1. The van der Waals surface area contributed by atoms with Gasteiger partial charge in [0, 0.05) is 12.8 Å². The van der Waals surface area contributed by atoms with Gasteiger partial charge in [0.2, 0.25) is 0 Å². The molecule has 0 fully saturated rings. The molecule has 2 atom stereocenters. The summed E-state index contributed by atoms with van der Waals surface area (Å²) < 4.78 is 22.8. The van der Waals surface area contributed by atoms with Gasteiger partial charge in [0.1, 0.15) is 13.2 Å². The molecule has 0 heterocycles. The number of nitrogens with zero attached hydrogens (tertiary/aromatic N) is 1. The molecule has 0 aliphatic heterocycles. The van der Waals surface area contributed by atoms with Crippen LogP contribution in [0, 0.1) is 0 Å². The van der Waals surface area contributed by atoms with E-state index in [-0.39, 0.29) is 38.6 Å². The molecule has 0 aromatic rings. The van der Waals surface area contributed by atoms with Crippen LogP contribution in [0.2, 0.25) is 0 Å². The van der Waals surface area contributed by atoms with E-state index in [1.807, 2.05) is 21.1 Å². The zero-order valence-corrected chi connectivity index (χ0v) is 45.1. The van der Waals surface area contributed by atoms with Crippen LogP contribution in [0.3, 0.4) is 0 Å². The van der Waals surface area contributed by atoms with Crippen LogP contribution in [0.25, 0.3) is 0 Å². The average Bonchev–Trinajstić information content (AvgIpc) is 3.33. The van der Waals surface area contributed by atoms with Crippen molar-refractivity contribution in [3.05, 3.63) is 109 Å². The van der Waals surface area contributed by atoms with Crippen LogP contribution in [-0.2, 0) is 33.3 Å². The highest BCUT2D eigenvalue weighted by Gasteiger charge is 2.25. The number of likely N-dealkylation sites (N-methyl/N-ethyl adjacent to an activating group) is 1. The van der Waals surface area contributed by atoms with Crippen molar-refractivity contribution >= 4 is 17.9 Å². The lowest BCUT2D eigenvalue weighted by Gasteiger charge is -2.25. The topological polar surface area (TPSA) is 108 Å². The monoisotopic (exact) mass is 977 g/mol. The Bertz CT molecular complexity index is 1510. The van der Waals surface area contributed by atoms with Crippen LogP contribution >= 0.6 is 0 Å². The minimum absolute atomic E-state index is 0.179. The van der Waals surface area contributed by atoms with Crippen molar-refractivity contribution in [2.75, 3.05) is 47.5 Å². The Morgan fingerprint density at radius 3 is 1.23 bits per heavy atom. The number of carboxylic acid groups (broad SMARTS) is 1. The number of aliphatic carboxylic acids is 1. The molecule has 398 valence electrons. The van der Waals surface area contributed by atoms with Gasteiger partial charge in [-0.2, -0.15) is 0 Å². The van der Waals surface area contributed by atoms with Crippen LogP contribution < -0.4 is 0 Å². The highest BCUT2D eigenvalue weighted by molar-refractivity contribution is 5.71. The first kappa shape index (κ1) is 66.0. The molecule has 0 aromatic heterocycles. The Labute approximate surface area is 428 Å². The molecule has 0 saturated carbocycles. The number of carboxylic acids is 1. The van der Waals surface area contributed by atoms with Gasteiger partial charge in [-0.25, -0.2) is 4.79 Å². The second-order valence-electron chi connectivity index (χ2n) is 19.2. The third kappa shape index (κ3) is 51.8. The minimum atomic E-state index is -1.52. The molecule has 0 radical (unpaired) electrons. The number of carbonyl (C=O) groups is 3. The van der Waals surface area contributed by atoms with Crippen molar-refractivity contribution in [2.24, 2.45) is 0 Å². The molecule has 0 rings (SSSR count). The van der Waals surface area contributed by atoms with Crippen LogP contribution in [0.1, 0.15) is 200 Å². The maximum absolute atomic E-state index is 12.8. The van der Waals surface area contributed by atoms with E-state index >= 15 is 0 Å². The molecular formula is C61H102NO8+. The Hall–Kier alpha value is -4.05. The smallest absolute Gasteiger partial charge is 0.361 e. The number of hydrogen-bond acceptors (Lipinski definition) is 7. The quantitative estimate of drug-likeness (QED) is 0.0211. The molecule has 0 amide bonds. The highest BCUT2D eigenvalue weighted by Crippen LogP contribution is 2.14. The van der Waals surface area contributed by atoms with Gasteiger partial charge < -0.3 is 28.5 Å².